The van der Waals surface area contributed by atoms with E-state index in [0.29, 0.717) is 18.2 Å². The van der Waals surface area contributed by atoms with Crippen LogP contribution in [0.2, 0.25) is 5.02 Å². The minimum Gasteiger partial charge on any atom is -0.491 e. The van der Waals surface area contributed by atoms with E-state index < -0.39 is 0 Å². The molecule has 4 nitrogen and oxygen atoms in total. The number of benzene rings is 2. The highest BCUT2D eigenvalue weighted by Crippen LogP contribution is 2.17. The largest absolute Gasteiger partial charge is 0.491 e. The molecule has 25 heavy (non-hydrogen) atoms. The van der Waals surface area contributed by atoms with Crippen LogP contribution in [0.4, 0.5) is 0 Å². The van der Waals surface area contributed by atoms with Gasteiger partial charge in [0.2, 0.25) is 5.91 Å². The normalized spacial score (nSPS) is 16.6. The van der Waals surface area contributed by atoms with Gasteiger partial charge in [0.05, 0.1) is 12.5 Å². The van der Waals surface area contributed by atoms with Crippen LogP contribution in [0, 0.1) is 0 Å². The summed E-state index contributed by atoms with van der Waals surface area (Å²) in [5.41, 5.74) is 1.86. The number of ether oxygens (including phenoxy) is 2. The van der Waals surface area contributed by atoms with Crippen LogP contribution in [-0.4, -0.2) is 25.2 Å². The van der Waals surface area contributed by atoms with Crippen LogP contribution < -0.4 is 10.1 Å². The Kier molecular flexibility index (Phi) is 6.31. The first kappa shape index (κ1) is 17.8. The maximum absolute atomic E-state index is 12.0. The van der Waals surface area contributed by atoms with Crippen molar-refractivity contribution in [2.75, 3.05) is 13.2 Å². The standard InChI is InChI=1S/C20H22ClNO3/c21-19-6-2-1-4-16(19)12-20(23)22-13-15-7-9-17(10-8-15)25-14-18-5-3-11-24-18/h1-2,4,6-10,18H,3,5,11-14H2,(H,22,23)/t18-/m0/s1. The Hall–Kier alpha value is -2.04. The molecular formula is C20H22ClNO3. The number of nitrogens with one attached hydrogen (secondary N) is 1. The van der Waals surface area contributed by atoms with E-state index in [-0.39, 0.29) is 18.4 Å². The van der Waals surface area contributed by atoms with Crippen LogP contribution >= 0.6 is 11.6 Å². The second-order valence-corrected chi connectivity index (χ2v) is 6.54. The molecule has 0 unspecified atom stereocenters. The molecule has 1 aliphatic rings. The van der Waals surface area contributed by atoms with Crippen LogP contribution in [0.3, 0.4) is 0 Å². The Morgan fingerprint density at radius 3 is 2.72 bits per heavy atom. The highest BCUT2D eigenvalue weighted by Gasteiger charge is 2.15. The summed E-state index contributed by atoms with van der Waals surface area (Å²) in [6.07, 6.45) is 2.67. The lowest BCUT2D eigenvalue weighted by atomic mass is 10.1. The van der Waals surface area contributed by atoms with Crippen LogP contribution in [0.1, 0.15) is 24.0 Å². The average molecular weight is 360 g/mol. The van der Waals surface area contributed by atoms with Gasteiger partial charge in [0, 0.05) is 18.2 Å². The van der Waals surface area contributed by atoms with Crippen molar-refractivity contribution in [2.24, 2.45) is 0 Å². The second kappa shape index (κ2) is 8.88. The van der Waals surface area contributed by atoms with E-state index in [1.54, 1.807) is 6.07 Å². The molecule has 132 valence electrons. The number of hydrogen-bond acceptors (Lipinski definition) is 3. The van der Waals surface area contributed by atoms with Crippen molar-refractivity contribution in [1.82, 2.24) is 5.32 Å². The highest BCUT2D eigenvalue weighted by molar-refractivity contribution is 6.31. The van der Waals surface area contributed by atoms with Gasteiger partial charge in [-0.25, -0.2) is 0 Å². The smallest absolute Gasteiger partial charge is 0.224 e. The molecule has 0 bridgehead atoms. The number of hydrogen-bond donors (Lipinski definition) is 1. The summed E-state index contributed by atoms with van der Waals surface area (Å²) in [5.74, 6) is 0.772. The molecule has 0 aromatic heterocycles. The third kappa shape index (κ3) is 5.48. The Balaban J connectivity index is 1.43. The van der Waals surface area contributed by atoms with E-state index in [1.807, 2.05) is 42.5 Å². The minimum absolute atomic E-state index is 0.0493. The molecule has 0 saturated carbocycles. The summed E-state index contributed by atoms with van der Waals surface area (Å²) in [6, 6.07) is 15.1. The highest BCUT2D eigenvalue weighted by atomic mass is 35.5. The Labute approximate surface area is 153 Å². The topological polar surface area (TPSA) is 47.6 Å². The van der Waals surface area contributed by atoms with E-state index in [0.717, 1.165) is 36.3 Å². The first-order valence-corrected chi connectivity index (χ1v) is 8.92. The molecule has 1 amide bonds. The van der Waals surface area contributed by atoms with Crippen molar-refractivity contribution in [3.63, 3.8) is 0 Å². The maximum atomic E-state index is 12.0. The zero-order chi connectivity index (χ0) is 17.5. The molecule has 2 aromatic carbocycles. The van der Waals surface area contributed by atoms with E-state index in [9.17, 15) is 4.79 Å². The monoisotopic (exact) mass is 359 g/mol. The fraction of sp³-hybridized carbons (Fsp3) is 0.350. The molecule has 5 heteroatoms. The average Bonchev–Trinajstić information content (AvgIpc) is 3.15. The van der Waals surface area contributed by atoms with E-state index >= 15 is 0 Å². The van der Waals surface area contributed by atoms with Gasteiger partial charge < -0.3 is 14.8 Å². The molecule has 1 saturated heterocycles. The summed E-state index contributed by atoms with van der Waals surface area (Å²) in [6.45, 7) is 1.91. The number of carbonyl (C=O) groups excluding carboxylic acids is 1. The Morgan fingerprint density at radius 2 is 2.00 bits per heavy atom. The molecule has 1 atom stereocenters. The lowest BCUT2D eigenvalue weighted by molar-refractivity contribution is -0.120. The summed E-state index contributed by atoms with van der Waals surface area (Å²) in [4.78, 5) is 12.0. The van der Waals surface area contributed by atoms with Crippen molar-refractivity contribution in [3.05, 3.63) is 64.7 Å². The molecule has 2 aromatic rings. The molecule has 0 spiro atoms. The third-order valence-corrected chi connectivity index (χ3v) is 4.55. The van der Waals surface area contributed by atoms with Crippen molar-refractivity contribution in [3.8, 4) is 5.75 Å². The van der Waals surface area contributed by atoms with Crippen molar-refractivity contribution in [1.29, 1.82) is 0 Å². The fourth-order valence-electron chi connectivity index (χ4n) is 2.75. The van der Waals surface area contributed by atoms with Crippen molar-refractivity contribution < 1.29 is 14.3 Å². The van der Waals surface area contributed by atoms with Gasteiger partial charge in [-0.2, -0.15) is 0 Å². The molecule has 1 N–H and O–H groups in total. The quantitative estimate of drug-likeness (QED) is 0.818. The third-order valence-electron chi connectivity index (χ3n) is 4.18. The molecule has 0 radical (unpaired) electrons. The van der Waals surface area contributed by atoms with E-state index in [2.05, 4.69) is 5.32 Å². The number of rotatable bonds is 7. The van der Waals surface area contributed by atoms with Gasteiger partial charge >= 0.3 is 0 Å². The van der Waals surface area contributed by atoms with Crippen molar-refractivity contribution >= 4 is 17.5 Å². The summed E-state index contributed by atoms with van der Waals surface area (Å²) in [7, 11) is 0. The first-order chi connectivity index (χ1) is 12.2. The second-order valence-electron chi connectivity index (χ2n) is 6.13. The fourth-order valence-corrected chi connectivity index (χ4v) is 2.95. The van der Waals surface area contributed by atoms with Crippen LogP contribution in [0.15, 0.2) is 48.5 Å². The summed E-state index contributed by atoms with van der Waals surface area (Å²) in [5, 5.41) is 3.53. The van der Waals surface area contributed by atoms with Gasteiger partial charge in [-0.1, -0.05) is 41.9 Å². The molecule has 3 rings (SSSR count). The first-order valence-electron chi connectivity index (χ1n) is 8.54. The van der Waals surface area contributed by atoms with Gasteiger partial charge in [0.25, 0.3) is 0 Å². The zero-order valence-electron chi connectivity index (χ0n) is 14.0. The molecular weight excluding hydrogens is 338 g/mol. The van der Waals surface area contributed by atoms with Gasteiger partial charge in [0.15, 0.2) is 0 Å². The molecule has 0 aliphatic carbocycles. The van der Waals surface area contributed by atoms with Crippen LogP contribution in [-0.2, 0) is 22.5 Å². The van der Waals surface area contributed by atoms with Crippen molar-refractivity contribution in [2.45, 2.75) is 31.9 Å². The molecule has 1 aliphatic heterocycles. The Bertz CT molecular complexity index is 696. The van der Waals surface area contributed by atoms with Gasteiger partial charge in [-0.15, -0.1) is 0 Å². The van der Waals surface area contributed by atoms with Crippen LogP contribution in [0.5, 0.6) is 5.75 Å². The number of amides is 1. The van der Waals surface area contributed by atoms with Gasteiger partial charge in [0.1, 0.15) is 12.4 Å². The number of halogens is 1. The predicted octanol–water partition coefficient (Wildman–Crippen LogP) is 3.76. The summed E-state index contributed by atoms with van der Waals surface area (Å²) < 4.78 is 11.3. The SMILES string of the molecule is O=C(Cc1ccccc1Cl)NCc1ccc(OC[C@@H]2CCCO2)cc1. The lowest BCUT2D eigenvalue weighted by Crippen LogP contribution is -2.24. The minimum atomic E-state index is -0.0493. The molecule has 1 fully saturated rings. The zero-order valence-corrected chi connectivity index (χ0v) is 14.8. The lowest BCUT2D eigenvalue weighted by Gasteiger charge is -2.12. The van der Waals surface area contributed by atoms with E-state index in [4.69, 9.17) is 21.1 Å². The predicted molar refractivity (Wildman–Crippen MR) is 97.9 cm³/mol. The Morgan fingerprint density at radius 1 is 1.20 bits per heavy atom. The summed E-state index contributed by atoms with van der Waals surface area (Å²) >= 11 is 6.08. The molecule has 1 heterocycles. The maximum Gasteiger partial charge on any atom is 0.224 e. The van der Waals surface area contributed by atoms with Crippen LogP contribution in [0.25, 0.3) is 0 Å². The van der Waals surface area contributed by atoms with Gasteiger partial charge in [-0.3, -0.25) is 4.79 Å². The van der Waals surface area contributed by atoms with Gasteiger partial charge in [-0.05, 0) is 42.2 Å². The van der Waals surface area contributed by atoms with E-state index in [1.165, 1.54) is 0 Å². The number of carbonyl (C=O) groups is 1.